The van der Waals surface area contributed by atoms with Gasteiger partial charge < -0.3 is 10.5 Å². The molecule has 1 aromatic rings. The van der Waals surface area contributed by atoms with Crippen LogP contribution in [-0.4, -0.2) is 24.6 Å². The van der Waals surface area contributed by atoms with Gasteiger partial charge >= 0.3 is 0 Å². The first kappa shape index (κ1) is 12.0. The summed E-state index contributed by atoms with van der Waals surface area (Å²) in [7, 11) is 0. The zero-order valence-electron chi connectivity index (χ0n) is 9.22. The smallest absolute Gasteiger partial charge is 0.184 e. The van der Waals surface area contributed by atoms with Gasteiger partial charge in [0, 0.05) is 6.54 Å². The number of rotatable bonds is 3. The molecular weight excluding hydrogens is 236 g/mol. The highest BCUT2D eigenvalue weighted by atomic mass is 32.1. The topological polar surface area (TPSA) is 71.7 Å². The molecule has 2 rings (SSSR count). The van der Waals surface area contributed by atoms with E-state index in [1.807, 2.05) is 24.3 Å². The van der Waals surface area contributed by atoms with E-state index >= 15 is 0 Å². The van der Waals surface area contributed by atoms with Gasteiger partial charge in [-0.05, 0) is 23.3 Å². The number of nitrogens with two attached hydrogens (primary N) is 1. The van der Waals surface area contributed by atoms with Crippen molar-refractivity contribution in [1.29, 1.82) is 0 Å². The van der Waals surface area contributed by atoms with Crippen molar-refractivity contribution in [3.63, 3.8) is 0 Å². The van der Waals surface area contributed by atoms with Crippen LogP contribution in [0.1, 0.15) is 17.2 Å². The van der Waals surface area contributed by atoms with Crippen LogP contribution in [0.15, 0.2) is 29.4 Å². The van der Waals surface area contributed by atoms with E-state index in [-0.39, 0.29) is 11.2 Å². The summed E-state index contributed by atoms with van der Waals surface area (Å²) < 4.78 is 5.50. The second-order valence-electron chi connectivity index (χ2n) is 3.65. The molecule has 1 aromatic carbocycles. The highest BCUT2D eigenvalue weighted by Gasteiger charge is 2.16. The van der Waals surface area contributed by atoms with Crippen LogP contribution < -0.4 is 16.5 Å². The standard InChI is InChI=1S/C11H14N4OS/c12-11(17)15-14-5-8-1-3-9(4-2-8)10-6-13-7-16-10/h1-5,10,13H,6-7H2,(H3,12,15,17). The van der Waals surface area contributed by atoms with E-state index in [9.17, 15) is 0 Å². The van der Waals surface area contributed by atoms with Crippen LogP contribution in [0.3, 0.4) is 0 Å². The van der Waals surface area contributed by atoms with Crippen molar-refractivity contribution in [3.05, 3.63) is 35.4 Å². The van der Waals surface area contributed by atoms with Gasteiger partial charge in [0.25, 0.3) is 0 Å². The summed E-state index contributed by atoms with van der Waals surface area (Å²) in [5, 5.41) is 7.18. The molecule has 5 nitrogen and oxygen atoms in total. The summed E-state index contributed by atoms with van der Waals surface area (Å²) in [4.78, 5) is 0. The molecule has 6 heteroatoms. The quantitative estimate of drug-likeness (QED) is 0.413. The van der Waals surface area contributed by atoms with Gasteiger partial charge in [-0.1, -0.05) is 24.3 Å². The second-order valence-corrected chi connectivity index (χ2v) is 4.09. The molecule has 1 atom stereocenters. The number of ether oxygens (including phenoxy) is 1. The molecule has 4 N–H and O–H groups in total. The molecule has 90 valence electrons. The minimum absolute atomic E-state index is 0.149. The molecule has 1 saturated heterocycles. The Labute approximate surface area is 105 Å². The second kappa shape index (κ2) is 5.72. The third-order valence-electron chi connectivity index (χ3n) is 2.41. The Hall–Kier alpha value is -1.50. The van der Waals surface area contributed by atoms with Crippen molar-refractivity contribution < 1.29 is 4.74 Å². The summed E-state index contributed by atoms with van der Waals surface area (Å²) in [6.07, 6.45) is 1.81. The third kappa shape index (κ3) is 3.48. The molecule has 0 aliphatic carbocycles. The largest absolute Gasteiger partial charge is 0.375 e. The van der Waals surface area contributed by atoms with Crippen molar-refractivity contribution in [2.45, 2.75) is 6.10 Å². The summed E-state index contributed by atoms with van der Waals surface area (Å²) >= 11 is 4.63. The molecule has 0 amide bonds. The zero-order chi connectivity index (χ0) is 12.1. The maximum Gasteiger partial charge on any atom is 0.184 e. The fourth-order valence-electron chi connectivity index (χ4n) is 1.59. The minimum Gasteiger partial charge on any atom is -0.375 e. The van der Waals surface area contributed by atoms with Crippen molar-refractivity contribution in [1.82, 2.24) is 10.7 Å². The Bertz CT molecular complexity index is 412. The van der Waals surface area contributed by atoms with Crippen LogP contribution in [-0.2, 0) is 4.74 Å². The van der Waals surface area contributed by atoms with Crippen molar-refractivity contribution in [2.75, 3.05) is 13.3 Å². The Morgan fingerprint density at radius 1 is 1.53 bits per heavy atom. The number of hydrogen-bond acceptors (Lipinski definition) is 4. The van der Waals surface area contributed by atoms with E-state index in [0.717, 1.165) is 17.7 Å². The highest BCUT2D eigenvalue weighted by Crippen LogP contribution is 2.19. The Kier molecular flexibility index (Phi) is 4.03. The lowest BCUT2D eigenvalue weighted by atomic mass is 10.1. The molecule has 1 aliphatic rings. The van der Waals surface area contributed by atoms with Gasteiger partial charge in [0.2, 0.25) is 0 Å². The molecular formula is C11H14N4OS. The number of nitrogens with zero attached hydrogens (tertiary/aromatic N) is 1. The first-order valence-electron chi connectivity index (χ1n) is 5.26. The molecule has 0 aromatic heterocycles. The molecule has 1 fully saturated rings. The Morgan fingerprint density at radius 3 is 2.88 bits per heavy atom. The van der Waals surface area contributed by atoms with Gasteiger partial charge in [-0.2, -0.15) is 5.10 Å². The van der Waals surface area contributed by atoms with E-state index in [2.05, 4.69) is 28.1 Å². The molecule has 17 heavy (non-hydrogen) atoms. The normalized spacial score (nSPS) is 19.6. The number of hydrogen-bond donors (Lipinski definition) is 3. The summed E-state index contributed by atoms with van der Waals surface area (Å²) in [6.45, 7) is 1.47. The first-order chi connectivity index (χ1) is 8.25. The molecule has 1 unspecified atom stereocenters. The van der Waals surface area contributed by atoms with Gasteiger partial charge in [-0.3, -0.25) is 10.7 Å². The zero-order valence-corrected chi connectivity index (χ0v) is 10.0. The van der Waals surface area contributed by atoms with Crippen molar-refractivity contribution in [2.24, 2.45) is 10.8 Å². The fourth-order valence-corrected chi connectivity index (χ4v) is 1.64. The van der Waals surface area contributed by atoms with Crippen LogP contribution in [0.25, 0.3) is 0 Å². The fraction of sp³-hybridized carbons (Fsp3) is 0.273. The third-order valence-corrected chi connectivity index (χ3v) is 2.50. The predicted molar refractivity (Wildman–Crippen MR) is 70.7 cm³/mol. The van der Waals surface area contributed by atoms with Gasteiger partial charge in [0.15, 0.2) is 5.11 Å². The van der Waals surface area contributed by atoms with E-state index < -0.39 is 0 Å². The van der Waals surface area contributed by atoms with E-state index in [4.69, 9.17) is 10.5 Å². The predicted octanol–water partition coefficient (Wildman–Crippen LogP) is 0.472. The summed E-state index contributed by atoms with van der Waals surface area (Å²) in [5.41, 5.74) is 9.89. The Morgan fingerprint density at radius 2 is 2.29 bits per heavy atom. The van der Waals surface area contributed by atoms with Crippen LogP contribution in [0.2, 0.25) is 0 Å². The number of nitrogens with one attached hydrogen (secondary N) is 2. The molecule has 1 heterocycles. The lowest BCUT2D eigenvalue weighted by Gasteiger charge is -2.08. The Balaban J connectivity index is 1.97. The maximum absolute atomic E-state index is 5.50. The van der Waals surface area contributed by atoms with Crippen LogP contribution >= 0.6 is 12.2 Å². The monoisotopic (exact) mass is 250 g/mol. The minimum atomic E-state index is 0.149. The van der Waals surface area contributed by atoms with E-state index in [0.29, 0.717) is 6.73 Å². The van der Waals surface area contributed by atoms with Crippen LogP contribution in [0.4, 0.5) is 0 Å². The average Bonchev–Trinajstić information content (AvgIpc) is 2.83. The molecule has 1 aliphatic heterocycles. The molecule has 0 saturated carbocycles. The van der Waals surface area contributed by atoms with Gasteiger partial charge in [0.05, 0.1) is 19.0 Å². The molecule has 0 spiro atoms. The number of thiocarbonyl (C=S) groups is 1. The first-order valence-corrected chi connectivity index (χ1v) is 5.67. The summed E-state index contributed by atoms with van der Waals surface area (Å²) in [6, 6.07) is 8.00. The summed E-state index contributed by atoms with van der Waals surface area (Å²) in [5.74, 6) is 0. The van der Waals surface area contributed by atoms with Crippen LogP contribution in [0, 0.1) is 0 Å². The van der Waals surface area contributed by atoms with Crippen molar-refractivity contribution in [3.8, 4) is 0 Å². The van der Waals surface area contributed by atoms with E-state index in [1.54, 1.807) is 6.21 Å². The molecule has 0 radical (unpaired) electrons. The number of hydrazone groups is 1. The van der Waals surface area contributed by atoms with Gasteiger partial charge in [0.1, 0.15) is 0 Å². The lowest BCUT2D eigenvalue weighted by molar-refractivity contribution is 0.114. The number of benzene rings is 1. The van der Waals surface area contributed by atoms with Gasteiger partial charge in [-0.15, -0.1) is 0 Å². The van der Waals surface area contributed by atoms with Crippen molar-refractivity contribution >= 4 is 23.5 Å². The highest BCUT2D eigenvalue weighted by molar-refractivity contribution is 7.80. The average molecular weight is 250 g/mol. The SMILES string of the molecule is NC(=S)NN=Cc1ccc(C2CNCO2)cc1. The van der Waals surface area contributed by atoms with E-state index in [1.165, 1.54) is 0 Å². The van der Waals surface area contributed by atoms with Crippen LogP contribution in [0.5, 0.6) is 0 Å². The van der Waals surface area contributed by atoms with Gasteiger partial charge in [-0.25, -0.2) is 0 Å². The maximum atomic E-state index is 5.50. The lowest BCUT2D eigenvalue weighted by Crippen LogP contribution is -2.23. The molecule has 0 bridgehead atoms.